The Labute approximate surface area is 199 Å². The second-order valence-electron chi connectivity index (χ2n) is 8.87. The molecule has 0 aromatic heterocycles. The lowest BCUT2D eigenvalue weighted by Crippen LogP contribution is -2.44. The Morgan fingerprint density at radius 2 is 1.50 bits per heavy atom. The smallest absolute Gasteiger partial charge is 0.258 e. The number of amides is 2. The number of ether oxygens (including phenoxy) is 1. The van der Waals surface area contributed by atoms with E-state index in [9.17, 15) is 9.59 Å². The fraction of sp³-hybridized carbons (Fsp3) is 0.440. The molecule has 5 nitrogen and oxygen atoms in total. The molecule has 3 rings (SSSR count). The molecule has 0 heterocycles. The summed E-state index contributed by atoms with van der Waals surface area (Å²) >= 11 is 11.8. The van der Waals surface area contributed by atoms with Gasteiger partial charge >= 0.3 is 0 Å². The zero-order valence-electron chi connectivity index (χ0n) is 18.5. The van der Waals surface area contributed by atoms with Gasteiger partial charge in [-0.1, -0.05) is 35.3 Å². The molecule has 172 valence electrons. The van der Waals surface area contributed by atoms with Crippen molar-refractivity contribution in [2.45, 2.75) is 51.0 Å². The van der Waals surface area contributed by atoms with Gasteiger partial charge in [0.05, 0.1) is 5.41 Å². The summed E-state index contributed by atoms with van der Waals surface area (Å²) in [5.41, 5.74) is 0.312. The molecule has 2 amide bonds. The van der Waals surface area contributed by atoms with Gasteiger partial charge in [0.15, 0.2) is 6.61 Å². The molecule has 0 radical (unpaired) electrons. The minimum absolute atomic E-state index is 0.00889. The largest absolute Gasteiger partial charge is 0.484 e. The number of carbonyl (C=O) groups excluding carboxylic acids is 2. The summed E-state index contributed by atoms with van der Waals surface area (Å²) in [5, 5.41) is 7.45. The van der Waals surface area contributed by atoms with E-state index in [-0.39, 0.29) is 24.5 Å². The van der Waals surface area contributed by atoms with Gasteiger partial charge in [0.25, 0.3) is 5.91 Å². The predicted octanol–water partition coefficient (Wildman–Crippen LogP) is 5.14. The van der Waals surface area contributed by atoms with Crippen LogP contribution in [0.3, 0.4) is 0 Å². The molecule has 1 aliphatic carbocycles. The van der Waals surface area contributed by atoms with Gasteiger partial charge in [0.2, 0.25) is 5.91 Å². The molecule has 7 heteroatoms. The van der Waals surface area contributed by atoms with Crippen molar-refractivity contribution in [3.63, 3.8) is 0 Å². The Kier molecular flexibility index (Phi) is 8.44. The first kappa shape index (κ1) is 24.4. The quantitative estimate of drug-likeness (QED) is 0.553. The average molecular weight is 477 g/mol. The number of hydrogen-bond donors (Lipinski definition) is 2. The molecule has 0 unspecified atom stereocenters. The van der Waals surface area contributed by atoms with Crippen molar-refractivity contribution in [3.05, 3.63) is 64.1 Å². The maximum absolute atomic E-state index is 12.8. The summed E-state index contributed by atoms with van der Waals surface area (Å²) < 4.78 is 5.50. The van der Waals surface area contributed by atoms with Crippen LogP contribution < -0.4 is 15.4 Å². The molecule has 32 heavy (non-hydrogen) atoms. The predicted molar refractivity (Wildman–Crippen MR) is 128 cm³/mol. The fourth-order valence-electron chi connectivity index (χ4n) is 3.92. The highest BCUT2D eigenvalue weighted by Crippen LogP contribution is 2.27. The van der Waals surface area contributed by atoms with Gasteiger partial charge in [-0.15, -0.1) is 0 Å². The molecule has 1 saturated carbocycles. The first-order valence-corrected chi connectivity index (χ1v) is 11.7. The van der Waals surface area contributed by atoms with Gasteiger partial charge in [-0.3, -0.25) is 9.59 Å². The highest BCUT2D eigenvalue weighted by atomic mass is 35.5. The third-order valence-electron chi connectivity index (χ3n) is 6.08. The maximum Gasteiger partial charge on any atom is 0.258 e. The van der Waals surface area contributed by atoms with Gasteiger partial charge in [0, 0.05) is 22.6 Å². The molecule has 0 aliphatic heterocycles. The second kappa shape index (κ2) is 11.1. The zero-order valence-corrected chi connectivity index (χ0v) is 20.0. The Bertz CT molecular complexity index is 906. The van der Waals surface area contributed by atoms with Crippen LogP contribution in [0, 0.1) is 5.92 Å². The first-order chi connectivity index (χ1) is 15.2. The van der Waals surface area contributed by atoms with Gasteiger partial charge in [-0.05, 0) is 87.4 Å². The minimum Gasteiger partial charge on any atom is -0.484 e. The number of benzene rings is 2. The van der Waals surface area contributed by atoms with E-state index in [4.69, 9.17) is 27.9 Å². The molecular formula is C25H30Cl2N2O3. The van der Waals surface area contributed by atoms with Crippen molar-refractivity contribution in [1.82, 2.24) is 10.6 Å². The van der Waals surface area contributed by atoms with Crippen LogP contribution in [0.2, 0.25) is 10.0 Å². The molecule has 2 N–H and O–H groups in total. The first-order valence-electron chi connectivity index (χ1n) is 11.0. The number of halogens is 2. The van der Waals surface area contributed by atoms with Crippen LogP contribution >= 0.6 is 23.2 Å². The van der Waals surface area contributed by atoms with E-state index in [2.05, 4.69) is 10.6 Å². The SMILES string of the molecule is CC(C)(C(=O)NC[C@H]1CC[C@H](NC(=O)COc2ccc(Cl)cc2)CC1)c1ccc(Cl)cc1. The van der Waals surface area contributed by atoms with E-state index in [1.165, 1.54) is 0 Å². The lowest BCUT2D eigenvalue weighted by molar-refractivity contribution is -0.126. The molecule has 2 aromatic rings. The summed E-state index contributed by atoms with van der Waals surface area (Å²) in [6, 6.07) is 14.5. The Hall–Kier alpha value is -2.24. The molecule has 1 fully saturated rings. The summed E-state index contributed by atoms with van der Waals surface area (Å²) in [6.07, 6.45) is 3.72. The van der Waals surface area contributed by atoms with Crippen LogP contribution in [0.5, 0.6) is 5.75 Å². The van der Waals surface area contributed by atoms with Crippen LogP contribution in [0.1, 0.15) is 45.1 Å². The van der Waals surface area contributed by atoms with Crippen LogP contribution in [0.25, 0.3) is 0 Å². The van der Waals surface area contributed by atoms with Crippen LogP contribution in [-0.4, -0.2) is 31.0 Å². The summed E-state index contributed by atoms with van der Waals surface area (Å²) in [7, 11) is 0. The normalized spacial score (nSPS) is 18.6. The third-order valence-corrected chi connectivity index (χ3v) is 6.58. The summed E-state index contributed by atoms with van der Waals surface area (Å²) in [6.45, 7) is 4.47. The highest BCUT2D eigenvalue weighted by molar-refractivity contribution is 6.30. The molecule has 1 aliphatic rings. The van der Waals surface area contributed by atoms with Gasteiger partial charge in [-0.25, -0.2) is 0 Å². The van der Waals surface area contributed by atoms with E-state index in [1.54, 1.807) is 24.3 Å². The van der Waals surface area contributed by atoms with Crippen molar-refractivity contribution < 1.29 is 14.3 Å². The number of carbonyl (C=O) groups is 2. The molecular weight excluding hydrogens is 447 g/mol. The minimum atomic E-state index is -0.625. The fourth-order valence-corrected chi connectivity index (χ4v) is 4.17. The number of nitrogens with one attached hydrogen (secondary N) is 2. The molecule has 0 saturated heterocycles. The van der Waals surface area contributed by atoms with Crippen molar-refractivity contribution in [2.24, 2.45) is 5.92 Å². The van der Waals surface area contributed by atoms with E-state index in [0.29, 0.717) is 28.3 Å². The Morgan fingerprint density at radius 1 is 0.938 bits per heavy atom. The van der Waals surface area contributed by atoms with Crippen LogP contribution in [-0.2, 0) is 15.0 Å². The molecule has 0 bridgehead atoms. The van der Waals surface area contributed by atoms with E-state index < -0.39 is 5.41 Å². The van der Waals surface area contributed by atoms with Crippen molar-refractivity contribution >= 4 is 35.0 Å². The van der Waals surface area contributed by atoms with Gasteiger partial charge in [0.1, 0.15) is 5.75 Å². The topological polar surface area (TPSA) is 67.4 Å². The summed E-state index contributed by atoms with van der Waals surface area (Å²) in [5.74, 6) is 0.917. The average Bonchev–Trinajstić information content (AvgIpc) is 2.78. The Morgan fingerprint density at radius 3 is 2.09 bits per heavy atom. The van der Waals surface area contributed by atoms with E-state index in [0.717, 1.165) is 31.2 Å². The summed E-state index contributed by atoms with van der Waals surface area (Å²) in [4.78, 5) is 25.0. The number of rotatable bonds is 8. The Balaban J connectivity index is 1.37. The third kappa shape index (κ3) is 6.88. The molecule has 0 atom stereocenters. The van der Waals surface area contributed by atoms with E-state index >= 15 is 0 Å². The van der Waals surface area contributed by atoms with Crippen molar-refractivity contribution in [3.8, 4) is 5.75 Å². The molecule has 0 spiro atoms. The lowest BCUT2D eigenvalue weighted by Gasteiger charge is -2.31. The second-order valence-corrected chi connectivity index (χ2v) is 9.74. The monoisotopic (exact) mass is 476 g/mol. The van der Waals surface area contributed by atoms with E-state index in [1.807, 2.05) is 38.1 Å². The van der Waals surface area contributed by atoms with Gasteiger partial charge < -0.3 is 15.4 Å². The number of hydrogen-bond acceptors (Lipinski definition) is 3. The van der Waals surface area contributed by atoms with Gasteiger partial charge in [-0.2, -0.15) is 0 Å². The lowest BCUT2D eigenvalue weighted by atomic mass is 9.82. The van der Waals surface area contributed by atoms with Crippen LogP contribution in [0.4, 0.5) is 0 Å². The molecule has 2 aromatic carbocycles. The highest BCUT2D eigenvalue weighted by Gasteiger charge is 2.30. The van der Waals surface area contributed by atoms with Crippen LogP contribution in [0.15, 0.2) is 48.5 Å². The maximum atomic E-state index is 12.8. The zero-order chi connectivity index (χ0) is 23.1. The van der Waals surface area contributed by atoms with Crippen molar-refractivity contribution in [2.75, 3.05) is 13.2 Å². The standard InChI is InChI=1S/C25H30Cl2N2O3/c1-25(2,18-5-7-19(26)8-6-18)24(31)28-15-17-3-11-21(12-4-17)29-23(30)16-32-22-13-9-20(27)10-14-22/h5-10,13-14,17,21H,3-4,11-12,15-16H2,1-2H3,(H,28,31)(H,29,30)/t17-,21-. The van der Waals surface area contributed by atoms with Crippen molar-refractivity contribution in [1.29, 1.82) is 0 Å².